The van der Waals surface area contributed by atoms with Crippen molar-refractivity contribution >= 4 is 5.91 Å². The number of benzene rings is 1. The molecule has 6 nitrogen and oxygen atoms in total. The molecule has 0 bridgehead atoms. The minimum absolute atomic E-state index is 0.0479. The first-order valence-electron chi connectivity index (χ1n) is 9.15. The Morgan fingerprint density at radius 1 is 1.08 bits per heavy atom. The van der Waals surface area contributed by atoms with Gasteiger partial charge in [0.15, 0.2) is 0 Å². The summed E-state index contributed by atoms with van der Waals surface area (Å²) in [5, 5.41) is 8.38. The minimum Gasteiger partial charge on any atom is -0.348 e. The zero-order valence-electron chi connectivity index (χ0n) is 14.7. The van der Waals surface area contributed by atoms with E-state index in [4.69, 9.17) is 0 Å². The fraction of sp³-hybridized carbons (Fsp3) is 0.350. The van der Waals surface area contributed by atoms with Gasteiger partial charge in [-0.15, -0.1) is 10.2 Å². The maximum Gasteiger partial charge on any atom is 0.246 e. The van der Waals surface area contributed by atoms with Crippen LogP contribution in [0.1, 0.15) is 41.4 Å². The zero-order valence-corrected chi connectivity index (χ0v) is 14.7. The van der Waals surface area contributed by atoms with Crippen molar-refractivity contribution in [1.82, 2.24) is 24.2 Å². The van der Waals surface area contributed by atoms with Crippen LogP contribution in [0.15, 0.2) is 48.7 Å². The van der Waals surface area contributed by atoms with Gasteiger partial charge >= 0.3 is 0 Å². The lowest BCUT2D eigenvalue weighted by Crippen LogP contribution is -2.45. The van der Waals surface area contributed by atoms with E-state index in [9.17, 15) is 4.79 Å². The summed E-state index contributed by atoms with van der Waals surface area (Å²) < 4.78 is 4.28. The van der Waals surface area contributed by atoms with Crippen LogP contribution in [-0.2, 0) is 17.8 Å². The van der Waals surface area contributed by atoms with Crippen LogP contribution < -0.4 is 0 Å². The Morgan fingerprint density at radius 2 is 1.92 bits per heavy atom. The summed E-state index contributed by atoms with van der Waals surface area (Å²) in [4.78, 5) is 15.6. The van der Waals surface area contributed by atoms with Gasteiger partial charge in [0, 0.05) is 31.4 Å². The van der Waals surface area contributed by atoms with Crippen molar-refractivity contribution in [2.24, 2.45) is 0 Å². The molecule has 0 aliphatic carbocycles. The second-order valence-electron chi connectivity index (χ2n) is 7.06. The molecule has 2 unspecified atom stereocenters. The highest BCUT2D eigenvalue weighted by Crippen LogP contribution is 2.36. The van der Waals surface area contributed by atoms with Gasteiger partial charge in [-0.1, -0.05) is 30.3 Å². The van der Waals surface area contributed by atoms with Gasteiger partial charge in [0.1, 0.15) is 17.7 Å². The average Bonchev–Trinajstić information content (AvgIpc) is 3.38. The molecule has 132 valence electrons. The number of carbonyl (C=O) groups is 1. The van der Waals surface area contributed by atoms with E-state index in [0.29, 0.717) is 6.54 Å². The minimum atomic E-state index is -0.187. The van der Waals surface area contributed by atoms with Crippen molar-refractivity contribution in [2.75, 3.05) is 6.54 Å². The Labute approximate surface area is 152 Å². The van der Waals surface area contributed by atoms with Crippen molar-refractivity contribution in [3.05, 3.63) is 71.6 Å². The third-order valence-electron chi connectivity index (χ3n) is 5.61. The van der Waals surface area contributed by atoms with E-state index >= 15 is 0 Å². The molecular formula is C20H21N5O. The Hall–Kier alpha value is -2.89. The summed E-state index contributed by atoms with van der Waals surface area (Å²) >= 11 is 0. The SMILES string of the molecule is Cc1nnc2n1C(C(=O)N1CCn3cccc3C1c1ccccc1)CC2. The predicted molar refractivity (Wildman–Crippen MR) is 96.5 cm³/mol. The summed E-state index contributed by atoms with van der Waals surface area (Å²) in [7, 11) is 0. The molecular weight excluding hydrogens is 326 g/mol. The number of nitrogens with zero attached hydrogens (tertiary/aromatic N) is 5. The van der Waals surface area contributed by atoms with E-state index in [-0.39, 0.29) is 18.0 Å². The highest BCUT2D eigenvalue weighted by atomic mass is 16.2. The van der Waals surface area contributed by atoms with E-state index in [0.717, 1.165) is 36.6 Å². The molecule has 2 aromatic heterocycles. The van der Waals surface area contributed by atoms with E-state index in [1.54, 1.807) is 0 Å². The van der Waals surface area contributed by atoms with Gasteiger partial charge in [-0.25, -0.2) is 0 Å². The maximum absolute atomic E-state index is 13.6. The number of aryl methyl sites for hydroxylation is 2. The molecule has 2 aliphatic heterocycles. The van der Waals surface area contributed by atoms with Crippen molar-refractivity contribution in [2.45, 2.75) is 38.4 Å². The topological polar surface area (TPSA) is 56.0 Å². The van der Waals surface area contributed by atoms with Crippen molar-refractivity contribution in [3.8, 4) is 0 Å². The molecule has 0 N–H and O–H groups in total. The van der Waals surface area contributed by atoms with Gasteiger partial charge in [0.25, 0.3) is 0 Å². The van der Waals surface area contributed by atoms with Gasteiger partial charge in [-0.3, -0.25) is 4.79 Å². The van der Waals surface area contributed by atoms with Crippen LogP contribution in [0.2, 0.25) is 0 Å². The molecule has 4 heterocycles. The third kappa shape index (κ3) is 2.21. The van der Waals surface area contributed by atoms with Crippen LogP contribution in [0.4, 0.5) is 0 Å². The number of carbonyl (C=O) groups excluding carboxylic acids is 1. The van der Waals surface area contributed by atoms with E-state index < -0.39 is 0 Å². The van der Waals surface area contributed by atoms with Crippen LogP contribution in [0, 0.1) is 6.92 Å². The molecule has 2 atom stereocenters. The second kappa shape index (κ2) is 5.83. The number of hydrogen-bond acceptors (Lipinski definition) is 3. The van der Waals surface area contributed by atoms with Crippen LogP contribution in [0.3, 0.4) is 0 Å². The molecule has 0 fully saturated rings. The van der Waals surface area contributed by atoms with Gasteiger partial charge in [-0.2, -0.15) is 0 Å². The van der Waals surface area contributed by atoms with E-state index in [1.807, 2.05) is 34.6 Å². The molecule has 0 saturated carbocycles. The first-order chi connectivity index (χ1) is 12.7. The molecule has 6 heteroatoms. The summed E-state index contributed by atoms with van der Waals surface area (Å²) in [6.07, 6.45) is 3.73. The number of fused-ring (bicyclic) bond motifs is 2. The fourth-order valence-corrected chi connectivity index (χ4v) is 4.42. The van der Waals surface area contributed by atoms with Crippen LogP contribution in [0.5, 0.6) is 0 Å². The van der Waals surface area contributed by atoms with Crippen molar-refractivity contribution in [3.63, 3.8) is 0 Å². The molecule has 0 saturated heterocycles. The summed E-state index contributed by atoms with van der Waals surface area (Å²) in [6.45, 7) is 3.48. The molecule has 26 heavy (non-hydrogen) atoms. The largest absolute Gasteiger partial charge is 0.348 e. The predicted octanol–water partition coefficient (Wildman–Crippen LogP) is 2.51. The fourth-order valence-electron chi connectivity index (χ4n) is 4.42. The smallest absolute Gasteiger partial charge is 0.246 e. The standard InChI is InChI=1S/C20H21N5O/c1-14-21-22-18-10-9-17(25(14)18)20(26)24-13-12-23-11-5-8-16(23)19(24)15-6-3-2-4-7-15/h2-8,11,17,19H,9-10,12-13H2,1H3. The lowest BCUT2D eigenvalue weighted by Gasteiger charge is -2.39. The Morgan fingerprint density at radius 3 is 2.77 bits per heavy atom. The Kier molecular flexibility index (Phi) is 3.45. The van der Waals surface area contributed by atoms with Crippen LogP contribution in [-0.4, -0.2) is 36.7 Å². The van der Waals surface area contributed by atoms with Gasteiger partial charge in [-0.05, 0) is 31.0 Å². The van der Waals surface area contributed by atoms with Crippen molar-refractivity contribution in [1.29, 1.82) is 0 Å². The number of aromatic nitrogens is 4. The van der Waals surface area contributed by atoms with E-state index in [1.165, 1.54) is 5.69 Å². The van der Waals surface area contributed by atoms with Gasteiger partial charge in [0.2, 0.25) is 5.91 Å². The molecule has 2 aliphatic rings. The normalized spacial score (nSPS) is 21.5. The first-order valence-corrected chi connectivity index (χ1v) is 9.15. The monoisotopic (exact) mass is 347 g/mol. The van der Waals surface area contributed by atoms with E-state index in [2.05, 4.69) is 45.2 Å². The van der Waals surface area contributed by atoms with Gasteiger partial charge in [0.05, 0.1) is 6.04 Å². The summed E-state index contributed by atoms with van der Waals surface area (Å²) in [5.74, 6) is 1.93. The number of amides is 1. The molecule has 1 aromatic carbocycles. The Balaban J connectivity index is 1.55. The highest BCUT2D eigenvalue weighted by Gasteiger charge is 2.39. The highest BCUT2D eigenvalue weighted by molar-refractivity contribution is 5.82. The molecule has 3 aromatic rings. The number of hydrogen-bond donors (Lipinski definition) is 0. The Bertz CT molecular complexity index is 958. The first kappa shape index (κ1) is 15.4. The van der Waals surface area contributed by atoms with Crippen LogP contribution in [0.25, 0.3) is 0 Å². The van der Waals surface area contributed by atoms with Crippen LogP contribution >= 0.6 is 0 Å². The molecule has 5 rings (SSSR count). The maximum atomic E-state index is 13.6. The second-order valence-corrected chi connectivity index (χ2v) is 7.06. The lowest BCUT2D eigenvalue weighted by atomic mass is 9.98. The molecule has 1 amide bonds. The number of rotatable bonds is 2. The third-order valence-corrected chi connectivity index (χ3v) is 5.61. The average molecular weight is 347 g/mol. The zero-order chi connectivity index (χ0) is 17.7. The van der Waals surface area contributed by atoms with Crippen molar-refractivity contribution < 1.29 is 4.79 Å². The quantitative estimate of drug-likeness (QED) is 0.716. The lowest BCUT2D eigenvalue weighted by molar-refractivity contribution is -0.137. The summed E-state index contributed by atoms with van der Waals surface area (Å²) in [5.41, 5.74) is 2.33. The summed E-state index contributed by atoms with van der Waals surface area (Å²) in [6, 6.07) is 14.3. The van der Waals surface area contributed by atoms with Gasteiger partial charge < -0.3 is 14.0 Å². The molecule has 0 spiro atoms. The molecule has 0 radical (unpaired) electrons.